The van der Waals surface area contributed by atoms with Crippen LogP contribution in [0.15, 0.2) is 9.52 Å². The number of halogens is 3. The summed E-state index contributed by atoms with van der Waals surface area (Å²) >= 11 is 0. The Bertz CT molecular complexity index is 561. The lowest BCUT2D eigenvalue weighted by Crippen LogP contribution is -2.49. The van der Waals surface area contributed by atoms with Crippen molar-refractivity contribution in [1.82, 2.24) is 25.7 Å². The molecule has 0 aromatic carbocycles. The van der Waals surface area contributed by atoms with E-state index >= 15 is 0 Å². The second kappa shape index (κ2) is 12.4. The monoisotopic (exact) mass is 500 g/mol. The molecule has 2 rings (SSSR count). The maximum absolute atomic E-state index is 12.4. The van der Waals surface area contributed by atoms with Gasteiger partial charge in [0.2, 0.25) is 5.89 Å². The van der Waals surface area contributed by atoms with Crippen molar-refractivity contribution in [2.75, 3.05) is 32.7 Å². The second-order valence-electron chi connectivity index (χ2n) is 6.82. The molecule has 0 spiro atoms. The summed E-state index contributed by atoms with van der Waals surface area (Å²) in [5.74, 6) is 2.28. The third-order valence-electron chi connectivity index (χ3n) is 4.26. The second-order valence-corrected chi connectivity index (χ2v) is 6.82. The van der Waals surface area contributed by atoms with Gasteiger partial charge in [0, 0.05) is 38.0 Å². The Morgan fingerprint density at radius 2 is 2.04 bits per heavy atom. The number of hydrogen-bond donors (Lipinski definition) is 2. The van der Waals surface area contributed by atoms with Crippen molar-refractivity contribution in [2.24, 2.45) is 4.99 Å². The number of nitrogens with one attached hydrogen (secondary N) is 2. The highest BCUT2D eigenvalue weighted by Gasteiger charge is 2.22. The number of aromatic nitrogens is 2. The maximum atomic E-state index is 12.4. The van der Waals surface area contributed by atoms with Gasteiger partial charge in [0.05, 0.1) is 13.1 Å². The molecule has 0 bridgehead atoms. The van der Waals surface area contributed by atoms with Gasteiger partial charge < -0.3 is 15.2 Å². The Balaban J connectivity index is 0.00000364. The first-order valence-electron chi connectivity index (χ1n) is 9.35. The number of likely N-dealkylation sites (tertiary alicyclic amines) is 1. The number of alkyl halides is 2. The molecule has 7 nitrogen and oxygen atoms in total. The highest BCUT2D eigenvalue weighted by atomic mass is 127. The molecule has 156 valence electrons. The van der Waals surface area contributed by atoms with Crippen LogP contribution in [0.1, 0.15) is 51.2 Å². The average molecular weight is 500 g/mol. The van der Waals surface area contributed by atoms with E-state index in [0.717, 1.165) is 25.3 Å². The average Bonchev–Trinajstić information content (AvgIpc) is 3.05. The molecule has 1 aliphatic heterocycles. The summed E-state index contributed by atoms with van der Waals surface area (Å²) in [4.78, 5) is 10.7. The van der Waals surface area contributed by atoms with Gasteiger partial charge in [-0.15, -0.1) is 24.0 Å². The zero-order chi connectivity index (χ0) is 18.9. The first-order valence-corrected chi connectivity index (χ1v) is 9.35. The molecule has 1 aromatic rings. The van der Waals surface area contributed by atoms with Crippen molar-refractivity contribution in [1.29, 1.82) is 0 Å². The predicted octanol–water partition coefficient (Wildman–Crippen LogP) is 2.64. The highest BCUT2D eigenvalue weighted by molar-refractivity contribution is 14.0. The lowest BCUT2D eigenvalue weighted by atomic mass is 10.1. The molecule has 2 N–H and O–H groups in total. The topological polar surface area (TPSA) is 78.6 Å². The van der Waals surface area contributed by atoms with Crippen LogP contribution in [0.25, 0.3) is 0 Å². The Hall–Kier alpha value is -1.04. The third-order valence-corrected chi connectivity index (χ3v) is 4.26. The van der Waals surface area contributed by atoms with Gasteiger partial charge in [-0.25, -0.2) is 8.78 Å². The van der Waals surface area contributed by atoms with Gasteiger partial charge in [0.15, 0.2) is 11.8 Å². The Morgan fingerprint density at radius 1 is 1.33 bits per heavy atom. The molecule has 0 radical (unpaired) electrons. The molecule has 0 saturated carbocycles. The predicted molar refractivity (Wildman–Crippen MR) is 112 cm³/mol. The largest absolute Gasteiger partial charge is 0.357 e. The summed E-state index contributed by atoms with van der Waals surface area (Å²) in [6.07, 6.45) is -0.0143. The first-order chi connectivity index (χ1) is 12.5. The van der Waals surface area contributed by atoms with E-state index in [1.807, 2.05) is 25.7 Å². The lowest BCUT2D eigenvalue weighted by Gasteiger charge is -2.32. The summed E-state index contributed by atoms with van der Waals surface area (Å²) in [6, 6.07) is 0.248. The molecule has 27 heavy (non-hydrogen) atoms. The molecule has 0 unspecified atom stereocenters. The Kier molecular flexibility index (Phi) is 11.0. The number of hydrogen-bond acceptors (Lipinski definition) is 5. The van der Waals surface area contributed by atoms with Crippen LogP contribution in [-0.2, 0) is 6.42 Å². The summed E-state index contributed by atoms with van der Waals surface area (Å²) in [7, 11) is 0. The van der Waals surface area contributed by atoms with Crippen LogP contribution in [0, 0.1) is 0 Å². The van der Waals surface area contributed by atoms with Crippen LogP contribution in [-0.4, -0.2) is 66.2 Å². The first kappa shape index (κ1) is 24.0. The standard InChI is InChI=1S/C17H30F2N6O.HI/c1-4-20-17(21-8-5-15-23-16(12(2)3)24-26-15)22-13-6-9-25(10-7-13)11-14(18)19;/h12-14H,4-11H2,1-3H3,(H2,20,21,22);1H. The number of aliphatic imine (C=N–C) groups is 1. The summed E-state index contributed by atoms with van der Waals surface area (Å²) < 4.78 is 30.1. The van der Waals surface area contributed by atoms with Gasteiger partial charge in [0.1, 0.15) is 0 Å². The van der Waals surface area contributed by atoms with Crippen molar-refractivity contribution in [2.45, 2.75) is 58.4 Å². The number of guanidine groups is 1. The fourth-order valence-electron chi connectivity index (χ4n) is 2.84. The zero-order valence-corrected chi connectivity index (χ0v) is 18.6. The molecular formula is C17H31F2IN6O. The van der Waals surface area contributed by atoms with E-state index in [0.29, 0.717) is 37.8 Å². The number of nitrogens with zero attached hydrogens (tertiary/aromatic N) is 4. The van der Waals surface area contributed by atoms with Crippen LogP contribution in [0.4, 0.5) is 8.78 Å². The normalized spacial score (nSPS) is 16.6. The van der Waals surface area contributed by atoms with E-state index in [-0.39, 0.29) is 42.5 Å². The molecule has 0 aliphatic carbocycles. The lowest BCUT2D eigenvalue weighted by molar-refractivity contribution is 0.0744. The highest BCUT2D eigenvalue weighted by Crippen LogP contribution is 2.12. The molecule has 0 atom stereocenters. The minimum atomic E-state index is -2.26. The van der Waals surface area contributed by atoms with Gasteiger partial charge in [-0.3, -0.25) is 9.89 Å². The fourth-order valence-corrected chi connectivity index (χ4v) is 2.84. The van der Waals surface area contributed by atoms with Crippen molar-refractivity contribution in [3.05, 3.63) is 11.7 Å². The summed E-state index contributed by atoms with van der Waals surface area (Å²) in [6.45, 7) is 8.58. The van der Waals surface area contributed by atoms with E-state index in [4.69, 9.17) is 4.52 Å². The molecule has 1 aliphatic rings. The van der Waals surface area contributed by atoms with Crippen molar-refractivity contribution >= 4 is 29.9 Å². The van der Waals surface area contributed by atoms with Gasteiger partial charge in [-0.05, 0) is 19.8 Å². The van der Waals surface area contributed by atoms with E-state index in [2.05, 4.69) is 25.8 Å². The van der Waals surface area contributed by atoms with Crippen molar-refractivity contribution in [3.8, 4) is 0 Å². The molecule has 1 saturated heterocycles. The molecule has 0 amide bonds. The van der Waals surface area contributed by atoms with Gasteiger partial charge in [0.25, 0.3) is 6.43 Å². The fraction of sp³-hybridized carbons (Fsp3) is 0.824. The molecule has 10 heteroatoms. The maximum Gasteiger partial charge on any atom is 0.251 e. The minimum absolute atomic E-state index is 0. The van der Waals surface area contributed by atoms with Gasteiger partial charge in [-0.2, -0.15) is 4.98 Å². The van der Waals surface area contributed by atoms with E-state index in [1.54, 1.807) is 0 Å². The molecule has 1 fully saturated rings. The SMILES string of the molecule is CCNC(=NCCc1nc(C(C)C)no1)NC1CCN(CC(F)F)CC1.I. The number of piperidine rings is 1. The minimum Gasteiger partial charge on any atom is -0.357 e. The third kappa shape index (κ3) is 8.67. The molecule has 1 aromatic heterocycles. The van der Waals surface area contributed by atoms with E-state index in [9.17, 15) is 8.78 Å². The van der Waals surface area contributed by atoms with E-state index < -0.39 is 6.43 Å². The van der Waals surface area contributed by atoms with Crippen molar-refractivity contribution < 1.29 is 13.3 Å². The number of rotatable bonds is 8. The van der Waals surface area contributed by atoms with Crippen LogP contribution in [0.3, 0.4) is 0 Å². The molecular weight excluding hydrogens is 469 g/mol. The van der Waals surface area contributed by atoms with Crippen LogP contribution in [0.5, 0.6) is 0 Å². The smallest absolute Gasteiger partial charge is 0.251 e. The Labute approximate surface area is 176 Å². The van der Waals surface area contributed by atoms with Gasteiger partial charge >= 0.3 is 0 Å². The quantitative estimate of drug-likeness (QED) is 0.325. The van der Waals surface area contributed by atoms with Crippen molar-refractivity contribution in [3.63, 3.8) is 0 Å². The Morgan fingerprint density at radius 3 is 2.59 bits per heavy atom. The van der Waals surface area contributed by atoms with Crippen LogP contribution >= 0.6 is 24.0 Å². The van der Waals surface area contributed by atoms with E-state index in [1.165, 1.54) is 0 Å². The zero-order valence-electron chi connectivity index (χ0n) is 16.3. The summed E-state index contributed by atoms with van der Waals surface area (Å²) in [5.41, 5.74) is 0. The summed E-state index contributed by atoms with van der Waals surface area (Å²) in [5, 5.41) is 10.6. The van der Waals surface area contributed by atoms with Crippen LogP contribution < -0.4 is 10.6 Å². The molecule has 2 heterocycles. The van der Waals surface area contributed by atoms with Crippen LogP contribution in [0.2, 0.25) is 0 Å². The van der Waals surface area contributed by atoms with Gasteiger partial charge in [-0.1, -0.05) is 19.0 Å².